The van der Waals surface area contributed by atoms with E-state index in [1.807, 2.05) is 37.4 Å². The molecule has 0 amide bonds. The molecule has 1 atom stereocenters. The fraction of sp³-hybridized carbons (Fsp3) is 0.333. The molecule has 0 saturated carbocycles. The van der Waals surface area contributed by atoms with E-state index in [1.165, 1.54) is 0 Å². The standard InChI is InChI=1S/C12H14N/c1-4-12(13(3)5-2)11-9-7-6-8-10-11/h6-10,12H,5H2,2-3H3/q+1. The summed E-state index contributed by atoms with van der Waals surface area (Å²) in [6.07, 6.45) is 7.24. The van der Waals surface area contributed by atoms with E-state index in [1.54, 1.807) is 0 Å². The van der Waals surface area contributed by atoms with Gasteiger partial charge in [0.15, 0.2) is 0 Å². The summed E-state index contributed by atoms with van der Waals surface area (Å²) >= 11 is 0. The van der Waals surface area contributed by atoms with Crippen molar-refractivity contribution < 1.29 is 0 Å². The summed E-state index contributed by atoms with van der Waals surface area (Å²) in [6, 6.07) is 10.0. The van der Waals surface area contributed by atoms with Crippen LogP contribution >= 0.6 is 0 Å². The predicted octanol–water partition coefficient (Wildman–Crippen LogP) is 2.27. The monoisotopic (exact) mass is 172 g/mol. The van der Waals surface area contributed by atoms with Gasteiger partial charge in [-0.05, 0) is 0 Å². The maximum atomic E-state index is 7.24. The molecule has 1 heteroatoms. The first kappa shape index (κ1) is 10.0. The minimum atomic E-state index is -0.00815. The first-order valence-electron chi connectivity index (χ1n) is 4.47. The van der Waals surface area contributed by atoms with Crippen LogP contribution < -0.4 is 0 Å². The summed E-state index contributed by atoms with van der Waals surface area (Å²) in [5, 5.41) is 0. The number of nitrogens with zero attached hydrogens (tertiary/aromatic N) is 1. The average Bonchev–Trinajstić information content (AvgIpc) is 2.20. The van der Waals surface area contributed by atoms with Crippen LogP contribution in [0.5, 0.6) is 0 Å². The van der Waals surface area contributed by atoms with E-state index in [4.69, 9.17) is 6.42 Å². The van der Waals surface area contributed by atoms with E-state index in [9.17, 15) is 0 Å². The SMILES string of the molecule is [C+]#CC(c1ccccc1)N(C)CC. The molecule has 1 aromatic carbocycles. The number of hydrogen-bond donors (Lipinski definition) is 0. The zero-order valence-corrected chi connectivity index (χ0v) is 8.12. The number of benzene rings is 1. The number of hydrogen-bond acceptors (Lipinski definition) is 1. The van der Waals surface area contributed by atoms with E-state index in [0.717, 1.165) is 12.1 Å². The third kappa shape index (κ3) is 2.45. The second-order valence-electron chi connectivity index (χ2n) is 3.03. The van der Waals surface area contributed by atoms with Gasteiger partial charge in [-0.15, -0.1) is 0 Å². The molecule has 1 nitrogen and oxygen atoms in total. The van der Waals surface area contributed by atoms with Crippen LogP contribution in [0.2, 0.25) is 0 Å². The maximum absolute atomic E-state index is 7.24. The molecule has 0 aromatic heterocycles. The van der Waals surface area contributed by atoms with Crippen molar-refractivity contribution in [3.8, 4) is 5.92 Å². The van der Waals surface area contributed by atoms with Crippen molar-refractivity contribution in [3.63, 3.8) is 0 Å². The fourth-order valence-corrected chi connectivity index (χ4v) is 1.27. The van der Waals surface area contributed by atoms with Crippen molar-refractivity contribution >= 4 is 0 Å². The van der Waals surface area contributed by atoms with Gasteiger partial charge in [-0.25, -0.2) is 0 Å². The van der Waals surface area contributed by atoms with Crippen LogP contribution in [0.3, 0.4) is 0 Å². The molecule has 0 N–H and O–H groups in total. The van der Waals surface area contributed by atoms with Crippen LogP contribution in [0.1, 0.15) is 18.5 Å². The molecule has 1 rings (SSSR count). The molecule has 1 unspecified atom stereocenters. The molecular formula is C12H14N+. The molecule has 0 heterocycles. The average molecular weight is 172 g/mol. The van der Waals surface area contributed by atoms with E-state index in [0.29, 0.717) is 0 Å². The second kappa shape index (κ2) is 4.86. The van der Waals surface area contributed by atoms with Crippen LogP contribution in [-0.4, -0.2) is 18.5 Å². The van der Waals surface area contributed by atoms with Gasteiger partial charge in [-0.3, -0.25) is 0 Å². The second-order valence-corrected chi connectivity index (χ2v) is 3.03. The first-order valence-corrected chi connectivity index (χ1v) is 4.47. The van der Waals surface area contributed by atoms with E-state index >= 15 is 0 Å². The molecule has 1 aromatic rings. The van der Waals surface area contributed by atoms with Gasteiger partial charge in [0.2, 0.25) is 0 Å². The minimum absolute atomic E-state index is 0.00815. The Morgan fingerprint density at radius 2 is 2.00 bits per heavy atom. The topological polar surface area (TPSA) is 3.24 Å². The summed E-state index contributed by atoms with van der Waals surface area (Å²) in [7, 11) is 2.00. The first-order chi connectivity index (χ1) is 6.29. The fourth-order valence-electron chi connectivity index (χ4n) is 1.27. The molecule has 0 aliphatic carbocycles. The Labute approximate surface area is 80.4 Å². The molecule has 0 bridgehead atoms. The van der Waals surface area contributed by atoms with E-state index in [2.05, 4.69) is 17.7 Å². The quantitative estimate of drug-likeness (QED) is 0.499. The van der Waals surface area contributed by atoms with E-state index in [-0.39, 0.29) is 6.04 Å². The zero-order valence-electron chi connectivity index (χ0n) is 8.12. The van der Waals surface area contributed by atoms with Gasteiger partial charge in [0.05, 0.1) is 0 Å². The van der Waals surface area contributed by atoms with Crippen molar-refractivity contribution in [1.29, 1.82) is 0 Å². The van der Waals surface area contributed by atoms with Crippen LogP contribution in [-0.2, 0) is 0 Å². The third-order valence-corrected chi connectivity index (χ3v) is 2.19. The Kier molecular flexibility index (Phi) is 3.75. The van der Waals surface area contributed by atoms with Crippen LogP contribution in [0, 0.1) is 12.3 Å². The molecule has 66 valence electrons. The van der Waals surface area contributed by atoms with Gasteiger partial charge in [-0.1, -0.05) is 0 Å². The molecule has 0 aliphatic heterocycles. The Hall–Kier alpha value is -1.04. The molecule has 0 spiro atoms. The Bertz CT molecular complexity index is 284. The van der Waals surface area contributed by atoms with Crippen molar-refractivity contribution in [2.75, 3.05) is 13.6 Å². The third-order valence-electron chi connectivity index (χ3n) is 2.19. The van der Waals surface area contributed by atoms with Crippen molar-refractivity contribution in [1.82, 2.24) is 4.90 Å². The molecule has 0 aliphatic rings. The summed E-state index contributed by atoms with van der Waals surface area (Å²) < 4.78 is 0. The summed E-state index contributed by atoms with van der Waals surface area (Å²) in [4.78, 5) is 2.09. The molecule has 0 radical (unpaired) electrons. The van der Waals surface area contributed by atoms with Crippen molar-refractivity contribution in [2.45, 2.75) is 13.0 Å². The Balaban J connectivity index is 2.86. The normalized spacial score (nSPS) is 12.7. The Morgan fingerprint density at radius 3 is 2.46 bits per heavy atom. The summed E-state index contributed by atoms with van der Waals surface area (Å²) in [5.74, 6) is 2.54. The van der Waals surface area contributed by atoms with Crippen molar-refractivity contribution in [3.05, 3.63) is 42.3 Å². The molecule has 13 heavy (non-hydrogen) atoms. The predicted molar refractivity (Wildman–Crippen MR) is 54.6 cm³/mol. The Morgan fingerprint density at radius 1 is 1.38 bits per heavy atom. The molecular weight excluding hydrogens is 158 g/mol. The van der Waals surface area contributed by atoms with Crippen LogP contribution in [0.25, 0.3) is 0 Å². The number of rotatable bonds is 3. The summed E-state index contributed by atoms with van der Waals surface area (Å²) in [5.41, 5.74) is 1.13. The van der Waals surface area contributed by atoms with Gasteiger partial charge < -0.3 is 0 Å². The van der Waals surface area contributed by atoms with Gasteiger partial charge in [-0.2, -0.15) is 0 Å². The zero-order chi connectivity index (χ0) is 9.68. The van der Waals surface area contributed by atoms with Gasteiger partial charge in [0.25, 0.3) is 0 Å². The van der Waals surface area contributed by atoms with Crippen molar-refractivity contribution in [2.24, 2.45) is 0 Å². The summed E-state index contributed by atoms with van der Waals surface area (Å²) in [6.45, 7) is 3.00. The van der Waals surface area contributed by atoms with Crippen LogP contribution in [0.4, 0.5) is 0 Å². The van der Waals surface area contributed by atoms with Crippen LogP contribution in [0.15, 0.2) is 30.3 Å². The van der Waals surface area contributed by atoms with Gasteiger partial charge >= 0.3 is 79.7 Å². The van der Waals surface area contributed by atoms with Gasteiger partial charge in [0.1, 0.15) is 0 Å². The molecule has 0 saturated heterocycles. The molecule has 0 fully saturated rings. The van der Waals surface area contributed by atoms with Gasteiger partial charge in [0, 0.05) is 0 Å². The van der Waals surface area contributed by atoms with E-state index < -0.39 is 0 Å².